The predicted octanol–water partition coefficient (Wildman–Crippen LogP) is 3.64. The van der Waals surface area contributed by atoms with Gasteiger partial charge in [0.15, 0.2) is 0 Å². The third-order valence-electron chi connectivity index (χ3n) is 4.50. The molecule has 1 atom stereocenters. The minimum absolute atomic E-state index is 0.00900. The molecule has 0 saturated heterocycles. The fourth-order valence-corrected chi connectivity index (χ4v) is 3.36. The number of benzene rings is 2. The van der Waals surface area contributed by atoms with Crippen LogP contribution >= 0.6 is 0 Å². The van der Waals surface area contributed by atoms with Crippen LogP contribution in [0.3, 0.4) is 0 Å². The van der Waals surface area contributed by atoms with Gasteiger partial charge in [0, 0.05) is 30.5 Å². The summed E-state index contributed by atoms with van der Waals surface area (Å²) in [6.45, 7) is 1.62. The van der Waals surface area contributed by atoms with Gasteiger partial charge in [0.25, 0.3) is 0 Å². The smallest absolute Gasteiger partial charge is 0.232 e. The molecule has 4 heteroatoms. The van der Waals surface area contributed by atoms with Gasteiger partial charge in [-0.2, -0.15) is 0 Å². The zero-order valence-electron chi connectivity index (χ0n) is 12.6. The molecule has 2 aromatic rings. The van der Waals surface area contributed by atoms with Crippen LogP contribution in [0.4, 0.5) is 10.1 Å². The van der Waals surface area contributed by atoms with Gasteiger partial charge in [0.1, 0.15) is 5.82 Å². The molecule has 0 spiro atoms. The lowest BCUT2D eigenvalue weighted by atomic mass is 9.83. The van der Waals surface area contributed by atoms with Gasteiger partial charge in [-0.3, -0.25) is 4.79 Å². The Kier molecular flexibility index (Phi) is 3.37. The van der Waals surface area contributed by atoms with Crippen molar-refractivity contribution in [2.75, 3.05) is 11.9 Å². The highest BCUT2D eigenvalue weighted by Gasteiger charge is 2.34. The van der Waals surface area contributed by atoms with Crippen molar-refractivity contribution in [2.45, 2.75) is 13.0 Å². The maximum atomic E-state index is 13.6. The molecule has 2 aromatic carbocycles. The third-order valence-corrected chi connectivity index (χ3v) is 4.50. The second-order valence-electron chi connectivity index (χ2n) is 6.06. The van der Waals surface area contributed by atoms with Crippen molar-refractivity contribution in [3.63, 3.8) is 0 Å². The van der Waals surface area contributed by atoms with Gasteiger partial charge in [-0.1, -0.05) is 30.3 Å². The Bertz CT molecular complexity index is 785. The summed E-state index contributed by atoms with van der Waals surface area (Å²) in [7, 11) is 0. The zero-order chi connectivity index (χ0) is 15.8. The van der Waals surface area contributed by atoms with E-state index in [0.29, 0.717) is 5.69 Å². The van der Waals surface area contributed by atoms with Crippen LogP contribution < -0.4 is 5.32 Å². The van der Waals surface area contributed by atoms with Gasteiger partial charge < -0.3 is 10.2 Å². The molecule has 23 heavy (non-hydrogen) atoms. The number of halogens is 1. The van der Waals surface area contributed by atoms with E-state index in [1.807, 2.05) is 24.4 Å². The quantitative estimate of drug-likeness (QED) is 0.918. The lowest BCUT2D eigenvalue weighted by Crippen LogP contribution is -2.36. The van der Waals surface area contributed by atoms with E-state index in [1.54, 1.807) is 6.07 Å². The minimum Gasteiger partial charge on any atom is -0.373 e. The van der Waals surface area contributed by atoms with Crippen LogP contribution in [0, 0.1) is 11.7 Å². The molecular formula is C19H17FN2O. The fourth-order valence-electron chi connectivity index (χ4n) is 3.36. The van der Waals surface area contributed by atoms with Crippen molar-refractivity contribution in [3.8, 4) is 0 Å². The first-order chi connectivity index (χ1) is 11.2. The van der Waals surface area contributed by atoms with Crippen molar-refractivity contribution in [1.82, 2.24) is 4.90 Å². The number of carbonyl (C=O) groups excluding carboxylic acids is 1. The Morgan fingerprint density at radius 1 is 1.17 bits per heavy atom. The van der Waals surface area contributed by atoms with Crippen LogP contribution in [0.5, 0.6) is 0 Å². The number of nitrogens with one attached hydrogen (secondary N) is 1. The molecule has 0 bridgehead atoms. The van der Waals surface area contributed by atoms with Crippen molar-refractivity contribution < 1.29 is 9.18 Å². The van der Waals surface area contributed by atoms with Crippen molar-refractivity contribution in [3.05, 3.63) is 71.7 Å². The molecule has 116 valence electrons. The Morgan fingerprint density at radius 2 is 2.00 bits per heavy atom. The van der Waals surface area contributed by atoms with E-state index in [-0.39, 0.29) is 17.6 Å². The molecule has 1 N–H and O–H groups in total. The average Bonchev–Trinajstić information content (AvgIpc) is 2.57. The van der Waals surface area contributed by atoms with Crippen molar-refractivity contribution in [1.29, 1.82) is 0 Å². The molecule has 2 aliphatic heterocycles. The van der Waals surface area contributed by atoms with Crippen LogP contribution in [0.25, 0.3) is 5.57 Å². The number of nitrogens with zero attached hydrogens (tertiary/aromatic N) is 1. The number of anilines is 1. The second-order valence-corrected chi connectivity index (χ2v) is 6.06. The molecule has 1 amide bonds. The number of hydrogen-bond acceptors (Lipinski definition) is 2. The summed E-state index contributed by atoms with van der Waals surface area (Å²) in [5, 5.41) is 2.89. The number of carbonyl (C=O) groups is 1. The molecule has 0 fully saturated rings. The highest BCUT2D eigenvalue weighted by Crippen LogP contribution is 2.39. The van der Waals surface area contributed by atoms with Crippen LogP contribution in [0.1, 0.15) is 17.5 Å². The molecule has 1 unspecified atom stereocenters. The summed E-state index contributed by atoms with van der Waals surface area (Å²) in [6, 6.07) is 14.7. The van der Waals surface area contributed by atoms with Crippen LogP contribution in [-0.4, -0.2) is 17.4 Å². The Morgan fingerprint density at radius 3 is 2.83 bits per heavy atom. The number of amides is 1. The van der Waals surface area contributed by atoms with Gasteiger partial charge in [0.2, 0.25) is 5.91 Å². The summed E-state index contributed by atoms with van der Waals surface area (Å²) in [4.78, 5) is 14.5. The molecule has 0 radical (unpaired) electrons. The van der Waals surface area contributed by atoms with E-state index in [1.165, 1.54) is 17.7 Å². The first-order valence-corrected chi connectivity index (χ1v) is 7.81. The summed E-state index contributed by atoms with van der Waals surface area (Å²) in [5.41, 5.74) is 3.64. The Hall–Kier alpha value is -2.62. The lowest BCUT2D eigenvalue weighted by molar-refractivity contribution is -0.118. The van der Waals surface area contributed by atoms with Crippen LogP contribution in [0.2, 0.25) is 0 Å². The highest BCUT2D eigenvalue weighted by molar-refractivity contribution is 6.07. The number of rotatable bonds is 2. The van der Waals surface area contributed by atoms with E-state index in [4.69, 9.17) is 0 Å². The molecule has 3 nitrogen and oxygen atoms in total. The Labute approximate surface area is 134 Å². The largest absolute Gasteiger partial charge is 0.373 e. The second kappa shape index (κ2) is 5.54. The van der Waals surface area contributed by atoms with Gasteiger partial charge in [0.05, 0.1) is 5.92 Å². The highest BCUT2D eigenvalue weighted by atomic mass is 19.1. The molecule has 2 heterocycles. The fraction of sp³-hybridized carbons (Fsp3) is 0.211. The average molecular weight is 308 g/mol. The molecule has 2 aliphatic rings. The summed E-state index contributed by atoms with van der Waals surface area (Å²) < 4.78 is 13.6. The SMILES string of the molecule is O=C1Nc2ccc(F)cc2C2=CN(Cc3ccccc3)CCC12. The third kappa shape index (κ3) is 2.61. The summed E-state index contributed by atoms with van der Waals surface area (Å²) in [6.07, 6.45) is 2.78. The van der Waals surface area contributed by atoms with Crippen molar-refractivity contribution in [2.24, 2.45) is 5.92 Å². The molecule has 4 rings (SSSR count). The van der Waals surface area contributed by atoms with Crippen LogP contribution in [0.15, 0.2) is 54.7 Å². The van der Waals surface area contributed by atoms with Gasteiger partial charge in [-0.25, -0.2) is 4.39 Å². The van der Waals surface area contributed by atoms with E-state index in [0.717, 1.165) is 30.6 Å². The van der Waals surface area contributed by atoms with Gasteiger partial charge >= 0.3 is 0 Å². The standard InChI is InChI=1S/C19H17FN2O/c20-14-6-7-18-16(10-14)17-12-22(9-8-15(17)19(23)21-18)11-13-4-2-1-3-5-13/h1-7,10,12,15H,8-9,11H2,(H,21,23). The predicted molar refractivity (Wildman–Crippen MR) is 88.0 cm³/mol. The topological polar surface area (TPSA) is 32.3 Å². The molecular weight excluding hydrogens is 291 g/mol. The number of fused-ring (bicyclic) bond motifs is 3. The maximum Gasteiger partial charge on any atom is 0.232 e. The molecule has 0 aliphatic carbocycles. The Balaban J connectivity index is 1.70. The van der Waals surface area contributed by atoms with E-state index in [9.17, 15) is 9.18 Å². The van der Waals surface area contributed by atoms with Gasteiger partial charge in [-0.15, -0.1) is 0 Å². The lowest BCUT2D eigenvalue weighted by Gasteiger charge is -2.35. The van der Waals surface area contributed by atoms with Crippen molar-refractivity contribution >= 4 is 17.2 Å². The first-order valence-electron chi connectivity index (χ1n) is 7.81. The summed E-state index contributed by atoms with van der Waals surface area (Å²) in [5.74, 6) is -0.453. The van der Waals surface area contributed by atoms with Crippen LogP contribution in [-0.2, 0) is 11.3 Å². The minimum atomic E-state index is -0.278. The number of hydrogen-bond donors (Lipinski definition) is 1. The van der Waals surface area contributed by atoms with E-state index >= 15 is 0 Å². The van der Waals surface area contributed by atoms with E-state index in [2.05, 4.69) is 22.3 Å². The molecule has 0 aromatic heterocycles. The summed E-state index contributed by atoms with van der Waals surface area (Å²) >= 11 is 0. The normalized spacial score (nSPS) is 19.5. The maximum absolute atomic E-state index is 13.6. The zero-order valence-corrected chi connectivity index (χ0v) is 12.6. The van der Waals surface area contributed by atoms with Gasteiger partial charge in [-0.05, 0) is 35.8 Å². The molecule has 0 saturated carbocycles. The van der Waals surface area contributed by atoms with E-state index < -0.39 is 0 Å². The first kappa shape index (κ1) is 14.0. The monoisotopic (exact) mass is 308 g/mol.